The second-order valence-electron chi connectivity index (χ2n) is 4.91. The van der Waals surface area contributed by atoms with Crippen molar-refractivity contribution in [2.45, 2.75) is 18.5 Å². The number of hydrogen-bond donors (Lipinski definition) is 0. The summed E-state index contributed by atoms with van der Waals surface area (Å²) < 4.78 is 43.2. The van der Waals surface area contributed by atoms with E-state index in [2.05, 4.69) is 0 Å². The largest absolute Gasteiger partial charge is 0.493 e. The average Bonchev–Trinajstić information content (AvgIpc) is 2.37. The van der Waals surface area contributed by atoms with Crippen LogP contribution in [-0.4, -0.2) is 43.2 Å². The third kappa shape index (κ3) is 4.28. The van der Waals surface area contributed by atoms with Gasteiger partial charge in [0.1, 0.15) is 5.75 Å². The molecule has 1 unspecified atom stereocenters. The quantitative estimate of drug-likeness (QED) is 0.770. The molecule has 6 heteroatoms. The van der Waals surface area contributed by atoms with Crippen molar-refractivity contribution >= 4 is 11.6 Å². The fourth-order valence-corrected chi connectivity index (χ4v) is 2.76. The summed E-state index contributed by atoms with van der Waals surface area (Å²) in [5.41, 5.74) is 0.987. The molecule has 0 spiro atoms. The third-order valence-electron chi connectivity index (χ3n) is 3.36. The molecule has 1 aliphatic heterocycles. The predicted molar refractivity (Wildman–Crippen MR) is 72.5 cm³/mol. The van der Waals surface area contributed by atoms with Gasteiger partial charge >= 0.3 is 6.18 Å². The molecule has 0 saturated carbocycles. The summed E-state index contributed by atoms with van der Waals surface area (Å²) in [6.07, 6.45) is -3.47. The maximum atomic E-state index is 12.6. The minimum absolute atomic E-state index is 0.0607. The molecule has 1 aromatic rings. The fourth-order valence-electron chi connectivity index (χ4n) is 2.53. The Balaban J connectivity index is 2.07. The Morgan fingerprint density at radius 2 is 2.05 bits per heavy atom. The van der Waals surface area contributed by atoms with Crippen molar-refractivity contribution in [2.24, 2.45) is 0 Å². The van der Waals surface area contributed by atoms with E-state index in [9.17, 15) is 13.2 Å². The second-order valence-corrected chi connectivity index (χ2v) is 5.29. The van der Waals surface area contributed by atoms with Gasteiger partial charge in [0.25, 0.3) is 0 Å². The van der Waals surface area contributed by atoms with Crippen LogP contribution in [0.2, 0.25) is 0 Å². The summed E-state index contributed by atoms with van der Waals surface area (Å²) in [4.78, 5) is 1.37. The number of hydrogen-bond acceptors (Lipinski definition) is 2. The molecule has 20 heavy (non-hydrogen) atoms. The molecule has 0 amide bonds. The first kappa shape index (κ1) is 15.4. The smallest absolute Gasteiger partial charge is 0.401 e. The molecule has 0 N–H and O–H groups in total. The predicted octanol–water partition coefficient (Wildman–Crippen LogP) is 3.66. The Morgan fingerprint density at radius 1 is 1.30 bits per heavy atom. The Kier molecular flexibility index (Phi) is 5.16. The topological polar surface area (TPSA) is 12.5 Å². The number of nitrogens with zero attached hydrogens (tertiary/aromatic N) is 1. The highest BCUT2D eigenvalue weighted by Crippen LogP contribution is 2.34. The lowest BCUT2D eigenvalue weighted by atomic mass is 9.92. The molecule has 0 aromatic heterocycles. The highest BCUT2D eigenvalue weighted by atomic mass is 35.5. The molecule has 1 heterocycles. The zero-order chi connectivity index (χ0) is 14.6. The van der Waals surface area contributed by atoms with Crippen LogP contribution in [0.4, 0.5) is 13.2 Å². The highest BCUT2D eigenvalue weighted by molar-refractivity contribution is 6.18. The number of para-hydroxylation sites is 1. The van der Waals surface area contributed by atoms with Gasteiger partial charge in [-0.15, -0.1) is 11.6 Å². The molecule has 1 aliphatic rings. The van der Waals surface area contributed by atoms with Crippen molar-refractivity contribution in [3.05, 3.63) is 29.8 Å². The lowest BCUT2D eigenvalue weighted by Crippen LogP contribution is -2.39. The maximum absolute atomic E-state index is 12.6. The minimum Gasteiger partial charge on any atom is -0.493 e. The van der Waals surface area contributed by atoms with Crippen molar-refractivity contribution in [3.8, 4) is 5.75 Å². The van der Waals surface area contributed by atoms with Crippen LogP contribution >= 0.6 is 11.6 Å². The zero-order valence-corrected chi connectivity index (χ0v) is 11.8. The highest BCUT2D eigenvalue weighted by Gasteiger charge is 2.32. The minimum atomic E-state index is -4.20. The lowest BCUT2D eigenvalue weighted by molar-refractivity contribution is -0.146. The standard InChI is InChI=1S/C14H17ClF3NO/c15-6-7-19(10-14(16,17)18)9-11-5-8-20-13-4-2-1-3-12(11)13/h1-4,11H,5-10H2. The van der Waals surface area contributed by atoms with E-state index in [0.717, 1.165) is 17.7 Å². The van der Waals surface area contributed by atoms with Crippen molar-refractivity contribution in [3.63, 3.8) is 0 Å². The molecule has 0 fully saturated rings. The van der Waals surface area contributed by atoms with E-state index < -0.39 is 12.7 Å². The normalized spacial score (nSPS) is 18.8. The van der Waals surface area contributed by atoms with Crippen LogP contribution in [0.25, 0.3) is 0 Å². The van der Waals surface area contributed by atoms with E-state index >= 15 is 0 Å². The van der Waals surface area contributed by atoms with E-state index in [0.29, 0.717) is 13.2 Å². The Hall–Kier alpha value is -0.940. The van der Waals surface area contributed by atoms with E-state index in [1.54, 1.807) is 0 Å². The number of halogens is 4. The molecule has 2 rings (SSSR count). The van der Waals surface area contributed by atoms with Crippen LogP contribution in [0.5, 0.6) is 5.75 Å². The molecular weight excluding hydrogens is 291 g/mol. The first-order valence-corrected chi connectivity index (χ1v) is 7.10. The summed E-state index contributed by atoms with van der Waals surface area (Å²) in [7, 11) is 0. The molecule has 0 saturated heterocycles. The van der Waals surface area contributed by atoms with Crippen molar-refractivity contribution < 1.29 is 17.9 Å². The van der Waals surface area contributed by atoms with Crippen molar-refractivity contribution in [1.82, 2.24) is 4.90 Å². The summed E-state index contributed by atoms with van der Waals surface area (Å²) in [6, 6.07) is 7.53. The van der Waals surface area contributed by atoms with E-state index in [1.807, 2.05) is 24.3 Å². The van der Waals surface area contributed by atoms with Gasteiger partial charge in [0.05, 0.1) is 13.2 Å². The van der Waals surface area contributed by atoms with Gasteiger partial charge in [-0.05, 0) is 18.1 Å². The average molecular weight is 308 g/mol. The van der Waals surface area contributed by atoms with E-state index in [1.165, 1.54) is 4.90 Å². The summed E-state index contributed by atoms with van der Waals surface area (Å²) >= 11 is 5.61. The zero-order valence-electron chi connectivity index (χ0n) is 11.0. The monoisotopic (exact) mass is 307 g/mol. The number of benzene rings is 1. The number of alkyl halides is 4. The summed E-state index contributed by atoms with van der Waals surface area (Å²) in [6.45, 7) is 0.217. The van der Waals surface area contributed by atoms with Gasteiger partial charge in [-0.25, -0.2) is 0 Å². The molecule has 112 valence electrons. The molecule has 0 bridgehead atoms. The van der Waals surface area contributed by atoms with Gasteiger partial charge in [-0.2, -0.15) is 13.2 Å². The molecule has 2 nitrogen and oxygen atoms in total. The number of rotatable bonds is 5. The van der Waals surface area contributed by atoms with Crippen LogP contribution in [0.15, 0.2) is 24.3 Å². The molecule has 0 aliphatic carbocycles. The third-order valence-corrected chi connectivity index (χ3v) is 3.53. The first-order chi connectivity index (χ1) is 9.49. The van der Waals surface area contributed by atoms with Gasteiger partial charge in [-0.3, -0.25) is 4.90 Å². The van der Waals surface area contributed by atoms with Gasteiger partial charge < -0.3 is 4.74 Å². The van der Waals surface area contributed by atoms with Crippen molar-refractivity contribution in [2.75, 3.05) is 32.1 Å². The van der Waals surface area contributed by atoms with Crippen molar-refractivity contribution in [1.29, 1.82) is 0 Å². The van der Waals surface area contributed by atoms with Crippen LogP contribution < -0.4 is 4.74 Å². The van der Waals surface area contributed by atoms with Crippen LogP contribution in [0, 0.1) is 0 Å². The fraction of sp³-hybridized carbons (Fsp3) is 0.571. The summed E-state index contributed by atoms with van der Waals surface area (Å²) in [5.74, 6) is 1.04. The molecule has 0 radical (unpaired) electrons. The van der Waals surface area contributed by atoms with E-state index in [4.69, 9.17) is 16.3 Å². The number of ether oxygens (including phenoxy) is 1. The second kappa shape index (κ2) is 6.68. The SMILES string of the molecule is FC(F)(F)CN(CCCl)CC1CCOc2ccccc21. The van der Waals surface area contributed by atoms with Crippen LogP contribution in [-0.2, 0) is 0 Å². The van der Waals surface area contributed by atoms with Gasteiger partial charge in [0, 0.05) is 24.9 Å². The first-order valence-electron chi connectivity index (χ1n) is 6.56. The maximum Gasteiger partial charge on any atom is 0.401 e. The van der Waals surface area contributed by atoms with Crippen LogP contribution in [0.3, 0.4) is 0 Å². The van der Waals surface area contributed by atoms with Gasteiger partial charge in [-0.1, -0.05) is 18.2 Å². The number of fused-ring (bicyclic) bond motifs is 1. The van der Waals surface area contributed by atoms with Gasteiger partial charge in [0.2, 0.25) is 0 Å². The Bertz CT molecular complexity index is 439. The van der Waals surface area contributed by atoms with E-state index in [-0.39, 0.29) is 18.3 Å². The molecular formula is C14H17ClF3NO. The van der Waals surface area contributed by atoms with Gasteiger partial charge in [0.15, 0.2) is 0 Å². The van der Waals surface area contributed by atoms with Crippen LogP contribution in [0.1, 0.15) is 17.9 Å². The summed E-state index contributed by atoms with van der Waals surface area (Å²) in [5, 5.41) is 0. The Morgan fingerprint density at radius 3 is 2.75 bits per heavy atom. The Labute approximate surface area is 121 Å². The molecule has 1 atom stereocenters. The lowest BCUT2D eigenvalue weighted by Gasteiger charge is -2.31. The molecule has 1 aromatic carbocycles.